The van der Waals surface area contributed by atoms with E-state index in [4.69, 9.17) is 29.7 Å². The Balaban J connectivity index is 1.29. The smallest absolute Gasteiger partial charge is 0.308 e. The van der Waals surface area contributed by atoms with E-state index in [1.54, 1.807) is 60.7 Å². The molecule has 11 heteroatoms. The molecule has 0 atom stereocenters. The molecule has 0 unspecified atom stereocenters. The fourth-order valence-electron chi connectivity index (χ4n) is 9.62. The molecule has 0 radical (unpaired) electrons. The molecule has 2 aromatic heterocycles. The summed E-state index contributed by atoms with van der Waals surface area (Å²) in [6.07, 6.45) is -4.69. The van der Waals surface area contributed by atoms with E-state index in [2.05, 4.69) is 26.7 Å². The molecule has 8 nitrogen and oxygen atoms in total. The predicted molar refractivity (Wildman–Crippen MR) is 288 cm³/mol. The van der Waals surface area contributed by atoms with Crippen molar-refractivity contribution < 1.29 is 13.2 Å². The van der Waals surface area contributed by atoms with Crippen LogP contribution < -0.4 is 0 Å². The maximum atomic E-state index is 14.9. The average Bonchev–Trinajstić information content (AvgIpc) is 3.81. The van der Waals surface area contributed by atoms with Crippen LogP contribution in [0.3, 0.4) is 0 Å². The summed E-state index contributed by atoms with van der Waals surface area (Å²) < 4.78 is 46.7. The lowest BCUT2D eigenvalue weighted by molar-refractivity contribution is -0.137. The second kappa shape index (κ2) is 19.0. The van der Waals surface area contributed by atoms with Crippen LogP contribution in [0, 0.1) is 42.4 Å². The van der Waals surface area contributed by atoms with Crippen LogP contribution in [0.15, 0.2) is 200 Å². The highest BCUT2D eigenvalue weighted by Gasteiger charge is 2.31. The zero-order valence-electron chi connectivity index (χ0n) is 39.3. The molecule has 2 heterocycles. The number of rotatable bonds is 8. The zero-order chi connectivity index (χ0) is 51.8. The van der Waals surface area contributed by atoms with Crippen LogP contribution in [-0.2, 0) is 6.18 Å². The van der Waals surface area contributed by atoms with Crippen LogP contribution in [0.2, 0.25) is 0 Å². The number of hydrogen-bond acceptors (Lipinski definition) is 4. The van der Waals surface area contributed by atoms with E-state index >= 15 is 0 Å². The van der Waals surface area contributed by atoms with Gasteiger partial charge < -0.3 is 4.57 Å². The van der Waals surface area contributed by atoms with E-state index in [-0.39, 0.29) is 11.3 Å². The summed E-state index contributed by atoms with van der Waals surface area (Å²) in [5.41, 5.74) is 10.2. The largest absolute Gasteiger partial charge is 0.416 e. The van der Waals surface area contributed by atoms with Crippen molar-refractivity contribution in [1.82, 2.24) is 14.5 Å². The van der Waals surface area contributed by atoms with E-state index in [0.29, 0.717) is 112 Å². The standard InChI is InChI=1S/C64H33F3N8/c1-70-49-19-11-17-43(30-49)54-35-46(58-36-57(40-12-6-4-7-13-40)73-63(74-58)41-14-8-5-9-15-41)34-53(42-16-10-18-48(29-42)64(65,66)67)62(54)75-60-26-21-44(51-25-23-50(71-2)31-47(51)38-69)32-55(60)56-33-45(22-27-61(56)75)52-24-20-39(37-68)28-59(52)72-3/h4-36H. The molecular formula is C64H33F3N8. The topological polar surface area (TPSA) is 91.4 Å². The van der Waals surface area contributed by atoms with Crippen LogP contribution in [0.4, 0.5) is 30.2 Å². The first-order chi connectivity index (χ1) is 36.5. The van der Waals surface area contributed by atoms with E-state index < -0.39 is 11.7 Å². The average molecular weight is 971 g/mol. The Kier molecular flexibility index (Phi) is 11.8. The van der Waals surface area contributed by atoms with Crippen molar-refractivity contribution in [3.05, 3.63) is 251 Å². The van der Waals surface area contributed by atoms with Crippen molar-refractivity contribution in [2.24, 2.45) is 0 Å². The number of hydrogen-bond donors (Lipinski definition) is 0. The first-order valence-corrected chi connectivity index (χ1v) is 23.3. The molecule has 9 aromatic carbocycles. The normalized spacial score (nSPS) is 11.1. The summed E-state index contributed by atoms with van der Waals surface area (Å²) >= 11 is 0. The van der Waals surface area contributed by atoms with Crippen molar-refractivity contribution in [3.63, 3.8) is 0 Å². The van der Waals surface area contributed by atoms with E-state index in [1.807, 2.05) is 126 Å². The number of halogens is 3. The van der Waals surface area contributed by atoms with Gasteiger partial charge >= 0.3 is 6.18 Å². The van der Waals surface area contributed by atoms with Gasteiger partial charge in [0.15, 0.2) is 22.9 Å². The lowest BCUT2D eigenvalue weighted by Gasteiger charge is -2.22. The molecule has 0 saturated carbocycles. The minimum absolute atomic E-state index is 0.256. The number of benzene rings is 9. The molecule has 0 spiro atoms. The molecule has 0 saturated heterocycles. The Morgan fingerprint density at radius 1 is 0.440 bits per heavy atom. The molecule has 75 heavy (non-hydrogen) atoms. The van der Waals surface area contributed by atoms with Crippen molar-refractivity contribution in [2.75, 3.05) is 0 Å². The Morgan fingerprint density at radius 3 is 1.61 bits per heavy atom. The highest BCUT2D eigenvalue weighted by atomic mass is 19.4. The van der Waals surface area contributed by atoms with Gasteiger partial charge in [-0.15, -0.1) is 0 Å². The van der Waals surface area contributed by atoms with Gasteiger partial charge in [0, 0.05) is 49.7 Å². The number of nitrogens with zero attached hydrogens (tertiary/aromatic N) is 8. The van der Waals surface area contributed by atoms with Crippen LogP contribution in [-0.4, -0.2) is 14.5 Å². The predicted octanol–water partition coefficient (Wildman–Crippen LogP) is 17.7. The Morgan fingerprint density at radius 2 is 1.00 bits per heavy atom. The number of alkyl halides is 3. The number of fused-ring (bicyclic) bond motifs is 3. The monoisotopic (exact) mass is 970 g/mol. The lowest BCUT2D eigenvalue weighted by Crippen LogP contribution is -2.06. The van der Waals surface area contributed by atoms with Gasteiger partial charge in [0.1, 0.15) is 0 Å². The maximum absolute atomic E-state index is 14.9. The highest BCUT2D eigenvalue weighted by Crippen LogP contribution is 2.47. The van der Waals surface area contributed by atoms with Gasteiger partial charge in [0.25, 0.3) is 0 Å². The molecule has 0 N–H and O–H groups in total. The van der Waals surface area contributed by atoms with Gasteiger partial charge in [-0.25, -0.2) is 24.5 Å². The van der Waals surface area contributed by atoms with Gasteiger partial charge in [0.2, 0.25) is 0 Å². The van der Waals surface area contributed by atoms with Gasteiger partial charge in [-0.1, -0.05) is 121 Å². The first-order valence-electron chi connectivity index (χ1n) is 23.3. The molecule has 0 bridgehead atoms. The van der Waals surface area contributed by atoms with Crippen LogP contribution in [0.5, 0.6) is 0 Å². The molecule has 0 fully saturated rings. The van der Waals surface area contributed by atoms with Gasteiger partial charge in [-0.2, -0.15) is 23.7 Å². The minimum Gasteiger partial charge on any atom is -0.308 e. The second-order valence-corrected chi connectivity index (χ2v) is 17.6. The first kappa shape index (κ1) is 46.5. The van der Waals surface area contributed by atoms with E-state index in [0.717, 1.165) is 23.3 Å². The minimum atomic E-state index is -4.69. The second-order valence-electron chi connectivity index (χ2n) is 17.6. The summed E-state index contributed by atoms with van der Waals surface area (Å²) in [6, 6.07) is 62.9. The van der Waals surface area contributed by atoms with Crippen molar-refractivity contribution in [3.8, 4) is 96.2 Å². The summed E-state index contributed by atoms with van der Waals surface area (Å²) in [5.74, 6) is 0.439. The van der Waals surface area contributed by atoms with Crippen molar-refractivity contribution in [1.29, 1.82) is 10.5 Å². The van der Waals surface area contributed by atoms with Crippen molar-refractivity contribution in [2.45, 2.75) is 6.18 Å². The Hall–Kier alpha value is -10.9. The van der Waals surface area contributed by atoms with Crippen molar-refractivity contribution >= 4 is 38.9 Å². The molecule has 0 amide bonds. The maximum Gasteiger partial charge on any atom is 0.416 e. The third-order valence-corrected chi connectivity index (χ3v) is 13.1. The molecule has 0 aliphatic carbocycles. The summed E-state index contributed by atoms with van der Waals surface area (Å²) in [7, 11) is 0. The third-order valence-electron chi connectivity index (χ3n) is 13.1. The molecule has 0 aliphatic heterocycles. The molecule has 11 aromatic rings. The van der Waals surface area contributed by atoms with Gasteiger partial charge in [-0.3, -0.25) is 0 Å². The van der Waals surface area contributed by atoms with Gasteiger partial charge in [-0.05, 0) is 112 Å². The molecule has 350 valence electrons. The van der Waals surface area contributed by atoms with Gasteiger partial charge in [0.05, 0.1) is 65.5 Å². The summed E-state index contributed by atoms with van der Waals surface area (Å²) in [5, 5.41) is 21.4. The Bertz CT molecular complexity index is 4160. The lowest BCUT2D eigenvalue weighted by atomic mass is 9.90. The SMILES string of the molecule is [C-]#[N+]c1cccc(-c2cc(-c3cc(-c4ccccc4)nc(-c4ccccc4)n3)cc(-c3cccc(C(F)(F)F)c3)c2-n2c3ccc(-c4ccc([N+]#[C-])cc4C#N)cc3c3cc(-c4ccc(C#N)cc4[N+]#[C-])ccc32)c1. The fraction of sp³-hybridized carbons (Fsp3) is 0.0156. The van der Waals surface area contributed by atoms with Crippen LogP contribution in [0.1, 0.15) is 16.7 Å². The highest BCUT2D eigenvalue weighted by molar-refractivity contribution is 6.13. The number of nitriles is 2. The summed E-state index contributed by atoms with van der Waals surface area (Å²) in [6.45, 7) is 23.7. The van der Waals surface area contributed by atoms with E-state index in [1.165, 1.54) is 6.07 Å². The fourth-order valence-corrected chi connectivity index (χ4v) is 9.62. The summed E-state index contributed by atoms with van der Waals surface area (Å²) in [4.78, 5) is 21.3. The third kappa shape index (κ3) is 8.64. The quantitative estimate of drug-likeness (QED) is 0.142. The molecule has 11 rings (SSSR count). The molecular weight excluding hydrogens is 938 g/mol. The van der Waals surface area contributed by atoms with Crippen LogP contribution >= 0.6 is 0 Å². The Labute approximate surface area is 428 Å². The van der Waals surface area contributed by atoms with Crippen LogP contribution in [0.25, 0.3) is 120 Å². The number of aromatic nitrogens is 3. The molecule has 0 aliphatic rings. The zero-order valence-corrected chi connectivity index (χ0v) is 39.3. The van der Waals surface area contributed by atoms with E-state index in [9.17, 15) is 23.7 Å².